The fraction of sp³-hybridized carbons (Fsp3) is 0.321. The third kappa shape index (κ3) is 8.96. The molecule has 0 heterocycles. The van der Waals surface area contributed by atoms with Crippen LogP contribution in [0, 0.1) is 0 Å². The summed E-state index contributed by atoms with van der Waals surface area (Å²) in [5, 5.41) is 9.96. The third-order valence-corrected chi connectivity index (χ3v) is 8.95. The van der Waals surface area contributed by atoms with Gasteiger partial charge in [0.2, 0.25) is 0 Å². The van der Waals surface area contributed by atoms with Crippen LogP contribution in [-0.2, 0) is 21.1 Å². The maximum Gasteiger partial charge on any atom is 0.452 e. The van der Waals surface area contributed by atoms with Crippen LogP contribution in [0.2, 0.25) is 10.0 Å². The molecule has 0 saturated heterocycles. The summed E-state index contributed by atoms with van der Waals surface area (Å²) in [7, 11) is -3.56. The average Bonchev–Trinajstić information content (AvgIpc) is 2.88. The number of ketones is 1. The Balaban J connectivity index is 1.60. The highest BCUT2D eigenvalue weighted by Crippen LogP contribution is 2.32. The zero-order chi connectivity index (χ0) is 28.8. The van der Waals surface area contributed by atoms with Crippen LogP contribution in [0.4, 0.5) is 13.2 Å². The summed E-state index contributed by atoms with van der Waals surface area (Å²) in [6.07, 6.45) is -7.51. The van der Waals surface area contributed by atoms with Gasteiger partial charge in [-0.15, -0.1) is 0 Å². The Hall–Kier alpha value is -2.59. The minimum absolute atomic E-state index is 0.131. The molecule has 3 aromatic carbocycles. The fourth-order valence-corrected chi connectivity index (χ4v) is 5.49. The second-order valence-corrected chi connectivity index (χ2v) is 12.6. The summed E-state index contributed by atoms with van der Waals surface area (Å²) in [5.41, 5.74) is 2.13. The third-order valence-electron chi connectivity index (χ3n) is 6.30. The molecule has 0 aromatic heterocycles. The molecular formula is C28H27Cl2F3O5S. The summed E-state index contributed by atoms with van der Waals surface area (Å²) in [6.45, 7) is 1.52. The van der Waals surface area contributed by atoms with E-state index in [1.165, 1.54) is 24.3 Å². The van der Waals surface area contributed by atoms with Gasteiger partial charge in [0.1, 0.15) is 18.5 Å². The van der Waals surface area contributed by atoms with Crippen LogP contribution in [-0.4, -0.2) is 49.2 Å². The predicted molar refractivity (Wildman–Crippen MR) is 145 cm³/mol. The first kappa shape index (κ1) is 30.9. The number of carbonyl (C=O) groups excluding carboxylic acids is 1. The molecule has 5 nitrogen and oxygen atoms in total. The van der Waals surface area contributed by atoms with Crippen LogP contribution >= 0.6 is 23.2 Å². The second-order valence-electron chi connectivity index (χ2n) is 9.14. The number of benzene rings is 3. The van der Waals surface area contributed by atoms with Gasteiger partial charge < -0.3 is 9.84 Å². The molecule has 0 radical (unpaired) electrons. The standard InChI is InChI=1S/C28H27Cl2F3O5S/c1-18(16-25(20-4-8-22(29)9-5-20)21-6-10-23(30)11-7-21)39(36,37)15-14-38-24-12-2-19(3-13-24)17-26(34)27(35)28(31,32)33/h2-13,18,25-26,34H,14-17H2,1H3. The predicted octanol–water partition coefficient (Wildman–Crippen LogP) is 6.43. The molecule has 1 N–H and O–H groups in total. The highest BCUT2D eigenvalue weighted by Gasteiger charge is 2.42. The zero-order valence-electron chi connectivity index (χ0n) is 20.9. The van der Waals surface area contributed by atoms with E-state index < -0.39 is 39.6 Å². The number of hydrogen-bond donors (Lipinski definition) is 1. The molecule has 39 heavy (non-hydrogen) atoms. The maximum absolute atomic E-state index is 13.1. The van der Waals surface area contributed by atoms with Crippen molar-refractivity contribution >= 4 is 38.8 Å². The lowest BCUT2D eigenvalue weighted by molar-refractivity contribution is -0.179. The quantitative estimate of drug-likeness (QED) is 0.258. The molecule has 0 aliphatic heterocycles. The monoisotopic (exact) mass is 602 g/mol. The van der Waals surface area contributed by atoms with E-state index in [0.717, 1.165) is 11.1 Å². The van der Waals surface area contributed by atoms with E-state index in [4.69, 9.17) is 27.9 Å². The smallest absolute Gasteiger partial charge is 0.452 e. The highest BCUT2D eigenvalue weighted by atomic mass is 35.5. The van der Waals surface area contributed by atoms with Gasteiger partial charge in [0, 0.05) is 22.4 Å². The SMILES string of the molecule is CC(CC(c1ccc(Cl)cc1)c1ccc(Cl)cc1)S(=O)(=O)CCOc1ccc(CC(O)C(=O)C(F)(F)F)cc1. The van der Waals surface area contributed by atoms with Crippen molar-refractivity contribution in [3.05, 3.63) is 99.5 Å². The summed E-state index contributed by atoms with van der Waals surface area (Å²) >= 11 is 12.1. The summed E-state index contributed by atoms with van der Waals surface area (Å²) in [6, 6.07) is 20.2. The van der Waals surface area contributed by atoms with Crippen molar-refractivity contribution in [2.75, 3.05) is 12.4 Å². The topological polar surface area (TPSA) is 80.7 Å². The van der Waals surface area contributed by atoms with E-state index in [2.05, 4.69) is 0 Å². The molecule has 0 fully saturated rings. The Labute approximate surface area is 235 Å². The number of rotatable bonds is 12. The van der Waals surface area contributed by atoms with E-state index in [9.17, 15) is 31.5 Å². The normalized spacial score (nSPS) is 13.7. The number of aliphatic hydroxyl groups is 1. The molecule has 0 bridgehead atoms. The minimum atomic E-state index is -5.12. The van der Waals surface area contributed by atoms with Gasteiger partial charge in [0.25, 0.3) is 5.78 Å². The van der Waals surface area contributed by atoms with Crippen molar-refractivity contribution in [2.24, 2.45) is 0 Å². The Bertz CT molecular complexity index is 1300. The van der Waals surface area contributed by atoms with Crippen LogP contribution in [0.15, 0.2) is 72.8 Å². The number of carbonyl (C=O) groups is 1. The Morgan fingerprint density at radius 1 is 0.897 bits per heavy atom. The van der Waals surface area contributed by atoms with Crippen LogP contribution in [0.5, 0.6) is 5.75 Å². The van der Waals surface area contributed by atoms with Crippen LogP contribution in [0.25, 0.3) is 0 Å². The van der Waals surface area contributed by atoms with Crippen LogP contribution in [0.3, 0.4) is 0 Å². The number of sulfone groups is 1. The zero-order valence-corrected chi connectivity index (χ0v) is 23.2. The van der Waals surface area contributed by atoms with Crippen molar-refractivity contribution in [1.82, 2.24) is 0 Å². The van der Waals surface area contributed by atoms with E-state index in [1.54, 1.807) is 31.2 Å². The van der Waals surface area contributed by atoms with Gasteiger partial charge in [-0.05, 0) is 66.4 Å². The second kappa shape index (κ2) is 13.2. The van der Waals surface area contributed by atoms with Crippen molar-refractivity contribution in [2.45, 2.75) is 43.2 Å². The van der Waals surface area contributed by atoms with Gasteiger partial charge in [0.05, 0.1) is 11.0 Å². The molecule has 3 aromatic rings. The molecule has 0 spiro atoms. The van der Waals surface area contributed by atoms with E-state index in [1.807, 2.05) is 24.3 Å². The molecule has 2 unspecified atom stereocenters. The van der Waals surface area contributed by atoms with E-state index >= 15 is 0 Å². The van der Waals surface area contributed by atoms with Gasteiger partial charge in [-0.1, -0.05) is 59.6 Å². The van der Waals surface area contributed by atoms with Gasteiger partial charge in [-0.3, -0.25) is 4.79 Å². The number of halogens is 5. The van der Waals surface area contributed by atoms with Gasteiger partial charge in [-0.2, -0.15) is 13.2 Å². The number of Topliss-reactive ketones (excluding diaryl/α,β-unsaturated/α-hetero) is 1. The van der Waals surface area contributed by atoms with Crippen molar-refractivity contribution in [1.29, 1.82) is 0 Å². The maximum atomic E-state index is 13.1. The van der Waals surface area contributed by atoms with Gasteiger partial charge in [0.15, 0.2) is 9.84 Å². The first-order valence-corrected chi connectivity index (χ1v) is 14.5. The molecule has 3 rings (SSSR count). The molecule has 2 atom stereocenters. The number of ether oxygens (including phenoxy) is 1. The molecule has 210 valence electrons. The molecule has 0 aliphatic carbocycles. The van der Waals surface area contributed by atoms with Crippen LogP contribution in [0.1, 0.15) is 36.0 Å². The summed E-state index contributed by atoms with van der Waals surface area (Å²) in [5.74, 6) is -2.37. The average molecular weight is 603 g/mol. The Morgan fingerprint density at radius 3 is 1.85 bits per heavy atom. The minimum Gasteiger partial charge on any atom is -0.493 e. The number of alkyl halides is 3. The molecule has 0 saturated carbocycles. The first-order chi connectivity index (χ1) is 18.3. The lowest BCUT2D eigenvalue weighted by Crippen LogP contribution is -2.35. The largest absolute Gasteiger partial charge is 0.493 e. The van der Waals surface area contributed by atoms with Crippen molar-refractivity contribution in [3.63, 3.8) is 0 Å². The Morgan fingerprint density at radius 2 is 1.38 bits per heavy atom. The fourth-order valence-electron chi connectivity index (χ4n) is 4.04. The van der Waals surface area contributed by atoms with Gasteiger partial charge in [-0.25, -0.2) is 8.42 Å². The molecular weight excluding hydrogens is 576 g/mol. The van der Waals surface area contributed by atoms with Crippen molar-refractivity contribution in [3.8, 4) is 5.75 Å². The lowest BCUT2D eigenvalue weighted by atomic mass is 9.87. The summed E-state index contributed by atoms with van der Waals surface area (Å²) < 4.78 is 69.0. The number of hydrogen-bond acceptors (Lipinski definition) is 5. The lowest BCUT2D eigenvalue weighted by Gasteiger charge is -2.22. The van der Waals surface area contributed by atoms with E-state index in [-0.39, 0.29) is 18.3 Å². The number of aliphatic hydroxyl groups excluding tert-OH is 1. The molecule has 0 aliphatic rings. The first-order valence-electron chi connectivity index (χ1n) is 12.0. The summed E-state index contributed by atoms with van der Waals surface area (Å²) in [4.78, 5) is 11.1. The van der Waals surface area contributed by atoms with Crippen molar-refractivity contribution < 1.29 is 36.2 Å². The molecule has 0 amide bonds. The Kier molecular flexibility index (Phi) is 10.5. The van der Waals surface area contributed by atoms with Gasteiger partial charge >= 0.3 is 6.18 Å². The highest BCUT2D eigenvalue weighted by molar-refractivity contribution is 7.92. The van der Waals surface area contributed by atoms with Crippen LogP contribution < -0.4 is 4.74 Å². The molecule has 11 heteroatoms. The van der Waals surface area contributed by atoms with E-state index in [0.29, 0.717) is 27.8 Å².